The lowest BCUT2D eigenvalue weighted by molar-refractivity contribution is 0.303. The number of rotatable bonds is 10. The Bertz CT molecular complexity index is 506. The third kappa shape index (κ3) is 7.51. The summed E-state index contributed by atoms with van der Waals surface area (Å²) in [6.45, 7) is 0.608. The predicted molar refractivity (Wildman–Crippen MR) is 81.7 cm³/mol. The average Bonchev–Trinajstić information content (AvgIpc) is 2.40. The van der Waals surface area contributed by atoms with Crippen LogP contribution >= 0.6 is 15.2 Å². The van der Waals surface area contributed by atoms with Crippen molar-refractivity contribution in [3.63, 3.8) is 0 Å². The lowest BCUT2D eigenvalue weighted by atomic mass is 10.2. The Labute approximate surface area is 128 Å². The van der Waals surface area contributed by atoms with Crippen molar-refractivity contribution in [2.75, 3.05) is 13.2 Å². The van der Waals surface area contributed by atoms with Crippen molar-refractivity contribution in [2.45, 2.75) is 24.8 Å². The maximum absolute atomic E-state index is 11.0. The van der Waals surface area contributed by atoms with Crippen molar-refractivity contribution in [3.8, 4) is 5.75 Å². The fourth-order valence-electron chi connectivity index (χ4n) is 1.78. The molecule has 0 aliphatic heterocycles. The number of para-hydroxylation sites is 1. The van der Waals surface area contributed by atoms with Gasteiger partial charge in [-0.05, 0) is 37.9 Å². The zero-order chi connectivity index (χ0) is 16.6. The van der Waals surface area contributed by atoms with E-state index in [1.165, 1.54) is 0 Å². The molecule has 0 bridgehead atoms. The Morgan fingerprint density at radius 1 is 0.955 bits per heavy atom. The quantitative estimate of drug-likeness (QED) is 0.315. The minimum Gasteiger partial charge on any atom is -0.494 e. The van der Waals surface area contributed by atoms with Crippen LogP contribution < -0.4 is 10.1 Å². The molecule has 1 rings (SSSR count). The number of ether oxygens (including phenoxy) is 1. The van der Waals surface area contributed by atoms with E-state index in [2.05, 4.69) is 5.32 Å². The lowest BCUT2D eigenvalue weighted by Gasteiger charge is -2.20. The molecule has 0 amide bonds. The van der Waals surface area contributed by atoms with Gasteiger partial charge in [0.1, 0.15) is 5.75 Å². The van der Waals surface area contributed by atoms with Crippen LogP contribution in [-0.4, -0.2) is 38.2 Å². The first kappa shape index (κ1) is 19.3. The first-order chi connectivity index (χ1) is 10.2. The number of unbranched alkanes of at least 4 members (excludes halogenated alkanes) is 2. The van der Waals surface area contributed by atoms with Gasteiger partial charge in [-0.15, -0.1) is 0 Å². The zero-order valence-corrected chi connectivity index (χ0v) is 13.7. The largest absolute Gasteiger partial charge is 0.494 e. The molecule has 8 nitrogen and oxygen atoms in total. The summed E-state index contributed by atoms with van der Waals surface area (Å²) in [4.78, 5) is 35.7. The van der Waals surface area contributed by atoms with Crippen molar-refractivity contribution < 1.29 is 33.4 Å². The number of nitrogens with one attached hydrogen (secondary N) is 1. The predicted octanol–water partition coefficient (Wildman–Crippen LogP) is 1.46. The van der Waals surface area contributed by atoms with Crippen LogP contribution in [0.3, 0.4) is 0 Å². The van der Waals surface area contributed by atoms with Crippen LogP contribution in [0.1, 0.15) is 19.3 Å². The van der Waals surface area contributed by atoms with Crippen molar-refractivity contribution in [2.24, 2.45) is 0 Å². The summed E-state index contributed by atoms with van der Waals surface area (Å²) < 4.78 is 27.5. The SMILES string of the molecule is O=P(O)(O)C(NCCCCCOc1ccccc1)P(=O)(O)O. The lowest BCUT2D eigenvalue weighted by Crippen LogP contribution is -2.29. The molecule has 1 aromatic rings. The molecule has 0 saturated carbocycles. The Balaban J connectivity index is 2.19. The number of hydrogen-bond acceptors (Lipinski definition) is 4. The minimum atomic E-state index is -4.90. The first-order valence-corrected chi connectivity index (χ1v) is 10.1. The summed E-state index contributed by atoms with van der Waals surface area (Å²) in [5.74, 6) is 0.767. The Kier molecular flexibility index (Phi) is 7.72. The van der Waals surface area contributed by atoms with Gasteiger partial charge in [0.05, 0.1) is 6.61 Å². The highest BCUT2D eigenvalue weighted by atomic mass is 31.2. The first-order valence-electron chi connectivity index (χ1n) is 6.73. The summed E-state index contributed by atoms with van der Waals surface area (Å²) in [5, 5.41) is 2.24. The van der Waals surface area contributed by atoms with Gasteiger partial charge < -0.3 is 24.3 Å². The summed E-state index contributed by atoms with van der Waals surface area (Å²) in [5.41, 5.74) is -2.14. The monoisotopic (exact) mass is 353 g/mol. The Hall–Kier alpha value is -0.720. The van der Waals surface area contributed by atoms with Gasteiger partial charge in [-0.2, -0.15) is 0 Å². The molecule has 10 heteroatoms. The third-order valence-corrected chi connectivity index (χ3v) is 6.24. The van der Waals surface area contributed by atoms with E-state index in [-0.39, 0.29) is 6.54 Å². The molecular formula is C12H21NO7P2. The zero-order valence-electron chi connectivity index (χ0n) is 11.9. The van der Waals surface area contributed by atoms with E-state index in [0.717, 1.165) is 12.2 Å². The molecule has 0 atom stereocenters. The third-order valence-electron chi connectivity index (χ3n) is 2.80. The molecule has 0 heterocycles. The second-order valence-electron chi connectivity index (χ2n) is 4.73. The summed E-state index contributed by atoms with van der Waals surface area (Å²) in [6, 6.07) is 9.29. The molecule has 0 unspecified atom stereocenters. The van der Waals surface area contributed by atoms with Crippen molar-refractivity contribution >= 4 is 15.2 Å². The molecule has 1 aromatic carbocycles. The number of hydrogen-bond donors (Lipinski definition) is 5. The highest BCUT2D eigenvalue weighted by molar-refractivity contribution is 7.70. The van der Waals surface area contributed by atoms with E-state index in [1.54, 1.807) is 0 Å². The van der Waals surface area contributed by atoms with E-state index >= 15 is 0 Å². The van der Waals surface area contributed by atoms with E-state index < -0.39 is 20.7 Å². The van der Waals surface area contributed by atoms with Crippen LogP contribution in [0.5, 0.6) is 5.75 Å². The van der Waals surface area contributed by atoms with E-state index in [0.29, 0.717) is 19.4 Å². The molecule has 0 aliphatic rings. The van der Waals surface area contributed by atoms with E-state index in [1.807, 2.05) is 30.3 Å². The molecule has 126 valence electrons. The molecule has 0 aromatic heterocycles. The smallest absolute Gasteiger partial charge is 0.354 e. The van der Waals surface area contributed by atoms with Crippen LogP contribution in [0, 0.1) is 0 Å². The van der Waals surface area contributed by atoms with Crippen LogP contribution in [-0.2, 0) is 9.13 Å². The molecule has 0 spiro atoms. The molecule has 5 N–H and O–H groups in total. The van der Waals surface area contributed by atoms with Gasteiger partial charge in [0.15, 0.2) is 0 Å². The van der Waals surface area contributed by atoms with Crippen LogP contribution in [0.4, 0.5) is 0 Å². The number of benzene rings is 1. The Morgan fingerprint density at radius 2 is 1.55 bits per heavy atom. The maximum Gasteiger partial charge on any atom is 0.354 e. The fraction of sp³-hybridized carbons (Fsp3) is 0.500. The Morgan fingerprint density at radius 3 is 2.09 bits per heavy atom. The normalized spacial score (nSPS) is 12.6. The van der Waals surface area contributed by atoms with Crippen molar-refractivity contribution in [1.82, 2.24) is 5.32 Å². The standard InChI is InChI=1S/C12H21NO7P2/c14-21(15,16)12(22(17,18)19)13-9-5-2-6-10-20-11-7-3-1-4-8-11/h1,3-4,7-8,12-13H,2,5-6,9-10H2,(H2,14,15,16)(H2,17,18,19). The maximum atomic E-state index is 11.0. The van der Waals surface area contributed by atoms with Crippen LogP contribution in [0.25, 0.3) is 0 Å². The van der Waals surface area contributed by atoms with E-state index in [4.69, 9.17) is 24.3 Å². The van der Waals surface area contributed by atoms with E-state index in [9.17, 15) is 9.13 Å². The highest BCUT2D eigenvalue weighted by Gasteiger charge is 2.42. The van der Waals surface area contributed by atoms with Gasteiger partial charge in [0.2, 0.25) is 5.52 Å². The molecule has 0 fully saturated rings. The van der Waals surface area contributed by atoms with Crippen molar-refractivity contribution in [3.05, 3.63) is 30.3 Å². The molecular weight excluding hydrogens is 332 g/mol. The molecule has 22 heavy (non-hydrogen) atoms. The molecule has 0 radical (unpaired) electrons. The van der Waals surface area contributed by atoms with Crippen LogP contribution in [0.2, 0.25) is 0 Å². The van der Waals surface area contributed by atoms with Crippen LogP contribution in [0.15, 0.2) is 30.3 Å². The summed E-state index contributed by atoms with van der Waals surface area (Å²) >= 11 is 0. The van der Waals surface area contributed by atoms with Gasteiger partial charge in [0.25, 0.3) is 0 Å². The minimum absolute atomic E-state index is 0.103. The van der Waals surface area contributed by atoms with Crippen molar-refractivity contribution in [1.29, 1.82) is 0 Å². The van der Waals surface area contributed by atoms with Gasteiger partial charge in [-0.25, -0.2) is 0 Å². The van der Waals surface area contributed by atoms with Gasteiger partial charge in [-0.3, -0.25) is 14.4 Å². The molecule has 0 saturated heterocycles. The fourth-order valence-corrected chi connectivity index (χ4v) is 4.08. The second kappa shape index (κ2) is 8.79. The molecule has 0 aliphatic carbocycles. The van der Waals surface area contributed by atoms with Gasteiger partial charge in [-0.1, -0.05) is 18.2 Å². The summed E-state index contributed by atoms with van der Waals surface area (Å²) in [6.07, 6.45) is 1.95. The second-order valence-corrected chi connectivity index (χ2v) is 8.52. The topological polar surface area (TPSA) is 136 Å². The highest BCUT2D eigenvalue weighted by Crippen LogP contribution is 2.58. The van der Waals surface area contributed by atoms with Gasteiger partial charge >= 0.3 is 15.2 Å². The summed E-state index contributed by atoms with van der Waals surface area (Å²) in [7, 11) is -9.80. The average molecular weight is 353 g/mol. The van der Waals surface area contributed by atoms with Gasteiger partial charge in [0, 0.05) is 0 Å².